The van der Waals surface area contributed by atoms with Gasteiger partial charge in [0, 0.05) is 32.1 Å². The van der Waals surface area contributed by atoms with Gasteiger partial charge in [-0.15, -0.1) is 0 Å². The topological polar surface area (TPSA) is 41.6 Å². The number of nitrogens with one attached hydrogen (secondary N) is 1. The number of methoxy groups -OCH3 is 1. The Morgan fingerprint density at radius 1 is 1.35 bits per heavy atom. The van der Waals surface area contributed by atoms with Crippen LogP contribution in [-0.4, -0.2) is 56.6 Å². The normalized spacial score (nSPS) is 27.8. The fourth-order valence-corrected chi connectivity index (χ4v) is 2.99. The van der Waals surface area contributed by atoms with Gasteiger partial charge in [0.15, 0.2) is 0 Å². The number of alkyl halides is 2. The number of likely N-dealkylation sites (tertiary alicyclic amines) is 1. The van der Waals surface area contributed by atoms with Crippen LogP contribution >= 0.6 is 0 Å². The number of carbonyl (C=O) groups excluding carboxylic acids is 1. The molecule has 4 nitrogen and oxygen atoms in total. The van der Waals surface area contributed by atoms with Crippen molar-refractivity contribution in [3.05, 3.63) is 0 Å². The molecule has 2 aliphatic rings. The molecule has 2 fully saturated rings. The second-order valence-corrected chi connectivity index (χ2v) is 6.04. The Hall–Kier alpha value is -0.750. The zero-order chi connectivity index (χ0) is 14.5. The van der Waals surface area contributed by atoms with E-state index >= 15 is 0 Å². The molecule has 1 heterocycles. The summed E-state index contributed by atoms with van der Waals surface area (Å²) in [5, 5.41) is 2.92. The van der Waals surface area contributed by atoms with Crippen LogP contribution in [0.3, 0.4) is 0 Å². The number of hydrogen-bond acceptors (Lipinski definition) is 4. The molecule has 0 aromatic carbocycles. The van der Waals surface area contributed by atoms with Crippen molar-refractivity contribution in [2.24, 2.45) is 11.8 Å². The van der Waals surface area contributed by atoms with E-state index in [0.29, 0.717) is 6.42 Å². The highest BCUT2D eigenvalue weighted by atomic mass is 19.3. The third kappa shape index (κ3) is 5.32. The predicted molar refractivity (Wildman–Crippen MR) is 71.7 cm³/mol. The summed E-state index contributed by atoms with van der Waals surface area (Å²) in [7, 11) is 1.39. The summed E-state index contributed by atoms with van der Waals surface area (Å²) < 4.78 is 29.4. The maximum atomic E-state index is 12.3. The van der Waals surface area contributed by atoms with Crippen LogP contribution in [0, 0.1) is 11.8 Å². The summed E-state index contributed by atoms with van der Waals surface area (Å²) in [5.74, 6) is 0.753. The van der Waals surface area contributed by atoms with Crippen LogP contribution in [0.2, 0.25) is 0 Å². The van der Waals surface area contributed by atoms with Gasteiger partial charge in [-0.05, 0) is 31.1 Å². The van der Waals surface area contributed by atoms with Crippen LogP contribution < -0.4 is 5.32 Å². The Labute approximate surface area is 118 Å². The van der Waals surface area contributed by atoms with Crippen LogP contribution in [0.25, 0.3) is 0 Å². The summed E-state index contributed by atoms with van der Waals surface area (Å²) >= 11 is 0. The molecule has 2 unspecified atom stereocenters. The third-order valence-corrected chi connectivity index (χ3v) is 4.07. The summed E-state index contributed by atoms with van der Waals surface area (Å²) in [6.07, 6.45) is 1.36. The average molecular weight is 290 g/mol. The maximum Gasteiger partial charge on any atom is 0.305 e. The number of ether oxygens (including phenoxy) is 1. The molecule has 20 heavy (non-hydrogen) atoms. The molecule has 2 rings (SSSR count). The van der Waals surface area contributed by atoms with Crippen LogP contribution in [0.15, 0.2) is 0 Å². The summed E-state index contributed by atoms with van der Waals surface area (Å²) in [6.45, 7) is 2.44. The predicted octanol–water partition coefficient (Wildman–Crippen LogP) is 1.50. The standard InChI is InChI=1S/C14H24F2N2O2/c1-20-14(19)5-11-4-12(17-6-13(15)16)9-18(8-11)7-10-2-3-10/h10-13,17H,2-9H2,1H3. The van der Waals surface area contributed by atoms with E-state index in [9.17, 15) is 13.6 Å². The molecular formula is C14H24F2N2O2. The summed E-state index contributed by atoms with van der Waals surface area (Å²) in [4.78, 5) is 13.7. The Bertz CT molecular complexity index is 324. The van der Waals surface area contributed by atoms with Gasteiger partial charge in [-0.1, -0.05) is 0 Å². The Balaban J connectivity index is 1.85. The number of esters is 1. The molecule has 2 atom stereocenters. The molecule has 1 aliphatic carbocycles. The van der Waals surface area contributed by atoms with Crippen LogP contribution in [-0.2, 0) is 9.53 Å². The minimum Gasteiger partial charge on any atom is -0.469 e. The van der Waals surface area contributed by atoms with Gasteiger partial charge in [-0.25, -0.2) is 8.78 Å². The van der Waals surface area contributed by atoms with E-state index in [1.165, 1.54) is 20.0 Å². The van der Waals surface area contributed by atoms with Gasteiger partial charge in [0.2, 0.25) is 0 Å². The smallest absolute Gasteiger partial charge is 0.305 e. The fourth-order valence-electron chi connectivity index (χ4n) is 2.99. The highest BCUT2D eigenvalue weighted by Gasteiger charge is 2.32. The molecule has 116 valence electrons. The lowest BCUT2D eigenvalue weighted by molar-refractivity contribution is -0.142. The van der Waals surface area contributed by atoms with Crippen molar-refractivity contribution < 1.29 is 18.3 Å². The largest absolute Gasteiger partial charge is 0.469 e. The van der Waals surface area contributed by atoms with Crippen LogP contribution in [0.1, 0.15) is 25.7 Å². The number of halogens is 2. The Morgan fingerprint density at radius 3 is 2.70 bits per heavy atom. The van der Waals surface area contributed by atoms with Crippen molar-refractivity contribution >= 4 is 5.97 Å². The molecule has 0 aromatic heterocycles. The molecule has 0 spiro atoms. The average Bonchev–Trinajstić information content (AvgIpc) is 3.20. The number of rotatable bonds is 7. The molecule has 1 N–H and O–H groups in total. The van der Waals surface area contributed by atoms with Gasteiger partial charge < -0.3 is 15.0 Å². The second kappa shape index (κ2) is 7.31. The second-order valence-electron chi connectivity index (χ2n) is 6.04. The van der Waals surface area contributed by atoms with Crippen molar-refractivity contribution in [3.63, 3.8) is 0 Å². The lowest BCUT2D eigenvalue weighted by Crippen LogP contribution is -2.51. The van der Waals surface area contributed by atoms with Crippen LogP contribution in [0.4, 0.5) is 8.78 Å². The first kappa shape index (κ1) is 15.6. The highest BCUT2D eigenvalue weighted by Crippen LogP contribution is 2.31. The van der Waals surface area contributed by atoms with E-state index in [-0.39, 0.29) is 24.5 Å². The fraction of sp³-hybridized carbons (Fsp3) is 0.929. The van der Waals surface area contributed by atoms with Gasteiger partial charge in [0.1, 0.15) is 0 Å². The highest BCUT2D eigenvalue weighted by molar-refractivity contribution is 5.69. The molecule has 1 saturated heterocycles. The SMILES string of the molecule is COC(=O)CC1CC(NCC(F)F)CN(CC2CC2)C1. The molecular weight excluding hydrogens is 266 g/mol. The van der Waals surface area contributed by atoms with Gasteiger partial charge >= 0.3 is 5.97 Å². The zero-order valence-electron chi connectivity index (χ0n) is 12.0. The van der Waals surface area contributed by atoms with Crippen molar-refractivity contribution in [2.75, 3.05) is 33.3 Å². The molecule has 0 radical (unpaired) electrons. The van der Waals surface area contributed by atoms with Crippen LogP contribution in [0.5, 0.6) is 0 Å². The molecule has 1 aliphatic heterocycles. The van der Waals surface area contributed by atoms with Crippen molar-refractivity contribution in [1.29, 1.82) is 0 Å². The summed E-state index contributed by atoms with van der Waals surface area (Å²) in [5.41, 5.74) is 0. The lowest BCUT2D eigenvalue weighted by atomic mass is 9.91. The molecule has 6 heteroatoms. The number of piperidine rings is 1. The van der Waals surface area contributed by atoms with Gasteiger partial charge in [-0.2, -0.15) is 0 Å². The third-order valence-electron chi connectivity index (χ3n) is 4.07. The van der Waals surface area contributed by atoms with E-state index in [1.54, 1.807) is 0 Å². The first-order valence-electron chi connectivity index (χ1n) is 7.37. The molecule has 1 saturated carbocycles. The van der Waals surface area contributed by atoms with Crippen molar-refractivity contribution in [2.45, 2.75) is 38.2 Å². The molecule has 0 bridgehead atoms. The first-order chi connectivity index (χ1) is 9.56. The van der Waals surface area contributed by atoms with E-state index in [1.807, 2.05) is 0 Å². The van der Waals surface area contributed by atoms with Gasteiger partial charge in [-0.3, -0.25) is 4.79 Å². The number of hydrogen-bond donors (Lipinski definition) is 1. The molecule has 0 amide bonds. The zero-order valence-corrected chi connectivity index (χ0v) is 12.0. The van der Waals surface area contributed by atoms with Gasteiger partial charge in [0.05, 0.1) is 13.7 Å². The lowest BCUT2D eigenvalue weighted by Gasteiger charge is -2.38. The monoisotopic (exact) mass is 290 g/mol. The van der Waals surface area contributed by atoms with Crippen molar-refractivity contribution in [3.8, 4) is 0 Å². The Kier molecular flexibility index (Phi) is 5.72. The minimum atomic E-state index is -2.33. The maximum absolute atomic E-state index is 12.3. The minimum absolute atomic E-state index is 0.0474. The van der Waals surface area contributed by atoms with E-state index in [0.717, 1.165) is 32.0 Å². The van der Waals surface area contributed by atoms with Crippen molar-refractivity contribution in [1.82, 2.24) is 10.2 Å². The number of nitrogens with zero attached hydrogens (tertiary/aromatic N) is 1. The molecule has 0 aromatic rings. The van der Waals surface area contributed by atoms with E-state index in [4.69, 9.17) is 4.74 Å². The Morgan fingerprint density at radius 2 is 2.10 bits per heavy atom. The van der Waals surface area contributed by atoms with E-state index < -0.39 is 6.43 Å². The quantitative estimate of drug-likeness (QED) is 0.722. The summed E-state index contributed by atoms with van der Waals surface area (Å²) in [6, 6.07) is 0.0474. The van der Waals surface area contributed by atoms with E-state index in [2.05, 4.69) is 10.2 Å². The first-order valence-corrected chi connectivity index (χ1v) is 7.37. The van der Waals surface area contributed by atoms with Gasteiger partial charge in [0.25, 0.3) is 6.43 Å². The number of carbonyl (C=O) groups is 1.